The van der Waals surface area contributed by atoms with E-state index in [9.17, 15) is 4.79 Å². The molecular weight excluding hydrogens is 256 g/mol. The lowest BCUT2D eigenvalue weighted by Gasteiger charge is -2.26. The van der Waals surface area contributed by atoms with Crippen LogP contribution in [0.4, 0.5) is 5.95 Å². The van der Waals surface area contributed by atoms with Crippen LogP contribution in [-0.4, -0.2) is 59.2 Å². The summed E-state index contributed by atoms with van der Waals surface area (Å²) in [6.07, 6.45) is 8.21. The van der Waals surface area contributed by atoms with Gasteiger partial charge < -0.3 is 14.9 Å². The highest BCUT2D eigenvalue weighted by atomic mass is 16.4. The molecule has 1 fully saturated rings. The van der Waals surface area contributed by atoms with Gasteiger partial charge in [-0.2, -0.15) is 0 Å². The third-order valence-electron chi connectivity index (χ3n) is 3.29. The van der Waals surface area contributed by atoms with Crippen LogP contribution >= 0.6 is 0 Å². The van der Waals surface area contributed by atoms with Crippen LogP contribution in [0.25, 0.3) is 6.08 Å². The minimum Gasteiger partial charge on any atom is -0.478 e. The van der Waals surface area contributed by atoms with Crippen molar-refractivity contribution >= 4 is 18.0 Å². The molecule has 0 radical (unpaired) electrons. The van der Waals surface area contributed by atoms with Gasteiger partial charge in [0.05, 0.1) is 0 Å². The van der Waals surface area contributed by atoms with E-state index in [4.69, 9.17) is 5.11 Å². The first-order valence-corrected chi connectivity index (χ1v) is 6.70. The lowest BCUT2D eigenvalue weighted by Crippen LogP contribution is -2.38. The number of carboxylic acid groups (broad SMARTS) is 1. The molecule has 1 aliphatic heterocycles. The Kier molecular flexibility index (Phi) is 4.68. The van der Waals surface area contributed by atoms with E-state index < -0.39 is 5.97 Å². The van der Waals surface area contributed by atoms with E-state index in [1.54, 1.807) is 12.4 Å². The first-order chi connectivity index (χ1) is 9.56. The molecule has 0 bridgehead atoms. The van der Waals surface area contributed by atoms with Gasteiger partial charge in [0.15, 0.2) is 0 Å². The molecule has 0 saturated carbocycles. The molecule has 1 saturated heterocycles. The van der Waals surface area contributed by atoms with Crippen LogP contribution in [0, 0.1) is 0 Å². The molecule has 108 valence electrons. The zero-order valence-electron chi connectivity index (χ0n) is 11.9. The van der Waals surface area contributed by atoms with Crippen LogP contribution < -0.4 is 4.90 Å². The first kappa shape index (κ1) is 14.5. The second kappa shape index (κ2) is 6.47. The van der Waals surface area contributed by atoms with Crippen LogP contribution in [0.1, 0.15) is 18.4 Å². The summed E-state index contributed by atoms with van der Waals surface area (Å²) in [5, 5.41) is 8.58. The SMILES string of the molecule is CN(C)CC1CCCN1c1ncc(/C=C/C(=O)O)cn1. The van der Waals surface area contributed by atoms with Gasteiger partial charge in [0, 0.05) is 43.2 Å². The molecule has 1 aromatic heterocycles. The average molecular weight is 276 g/mol. The summed E-state index contributed by atoms with van der Waals surface area (Å²) in [5.41, 5.74) is 0.694. The number of carboxylic acids is 1. The fraction of sp³-hybridized carbons (Fsp3) is 0.500. The summed E-state index contributed by atoms with van der Waals surface area (Å²) in [7, 11) is 4.13. The van der Waals surface area contributed by atoms with E-state index in [0.29, 0.717) is 11.6 Å². The zero-order valence-corrected chi connectivity index (χ0v) is 11.9. The van der Waals surface area contributed by atoms with E-state index >= 15 is 0 Å². The third kappa shape index (κ3) is 3.77. The minimum absolute atomic E-state index is 0.449. The predicted octanol–water partition coefficient (Wildman–Crippen LogP) is 1.10. The van der Waals surface area contributed by atoms with Gasteiger partial charge in [-0.25, -0.2) is 14.8 Å². The Morgan fingerprint density at radius 3 is 2.80 bits per heavy atom. The lowest BCUT2D eigenvalue weighted by molar-refractivity contribution is -0.131. The Hall–Kier alpha value is -1.95. The average Bonchev–Trinajstić information content (AvgIpc) is 2.84. The molecule has 0 aliphatic carbocycles. The van der Waals surface area contributed by atoms with Crippen LogP contribution in [0.3, 0.4) is 0 Å². The van der Waals surface area contributed by atoms with Crippen molar-refractivity contribution in [1.29, 1.82) is 0 Å². The molecule has 2 rings (SSSR count). The van der Waals surface area contributed by atoms with E-state index in [0.717, 1.165) is 38.0 Å². The summed E-state index contributed by atoms with van der Waals surface area (Å²) >= 11 is 0. The van der Waals surface area contributed by atoms with Crippen LogP contribution in [0.5, 0.6) is 0 Å². The van der Waals surface area contributed by atoms with Gasteiger partial charge in [-0.3, -0.25) is 0 Å². The Morgan fingerprint density at radius 2 is 2.20 bits per heavy atom. The molecule has 1 aromatic rings. The van der Waals surface area contributed by atoms with Crippen molar-refractivity contribution in [1.82, 2.24) is 14.9 Å². The highest BCUT2D eigenvalue weighted by Crippen LogP contribution is 2.22. The number of rotatable bonds is 5. The van der Waals surface area contributed by atoms with Crippen molar-refractivity contribution in [2.24, 2.45) is 0 Å². The number of hydrogen-bond donors (Lipinski definition) is 1. The largest absolute Gasteiger partial charge is 0.478 e. The van der Waals surface area contributed by atoms with Crippen molar-refractivity contribution in [2.45, 2.75) is 18.9 Å². The highest BCUT2D eigenvalue weighted by Gasteiger charge is 2.26. The minimum atomic E-state index is -0.973. The van der Waals surface area contributed by atoms with Crippen molar-refractivity contribution in [3.05, 3.63) is 24.0 Å². The molecule has 2 heterocycles. The standard InChI is InChI=1S/C14H20N4O2/c1-17(2)10-12-4-3-7-18(12)14-15-8-11(9-16-14)5-6-13(19)20/h5-6,8-9,12H,3-4,7,10H2,1-2H3,(H,19,20)/b6-5+. The Balaban J connectivity index is 2.07. The van der Waals surface area contributed by atoms with Gasteiger partial charge in [0.25, 0.3) is 0 Å². The van der Waals surface area contributed by atoms with Crippen molar-refractivity contribution in [3.63, 3.8) is 0 Å². The Bertz CT molecular complexity index is 484. The fourth-order valence-corrected chi connectivity index (χ4v) is 2.44. The summed E-state index contributed by atoms with van der Waals surface area (Å²) in [5.74, 6) is -0.249. The molecule has 0 aromatic carbocycles. The second-order valence-electron chi connectivity index (χ2n) is 5.24. The van der Waals surface area contributed by atoms with Gasteiger partial charge >= 0.3 is 5.97 Å². The van der Waals surface area contributed by atoms with E-state index in [2.05, 4.69) is 33.9 Å². The molecule has 20 heavy (non-hydrogen) atoms. The molecule has 0 amide bonds. The summed E-state index contributed by atoms with van der Waals surface area (Å²) in [4.78, 5) is 23.6. The fourth-order valence-electron chi connectivity index (χ4n) is 2.44. The molecular formula is C14H20N4O2. The van der Waals surface area contributed by atoms with Crippen molar-refractivity contribution < 1.29 is 9.90 Å². The van der Waals surface area contributed by atoms with Gasteiger partial charge in [0.1, 0.15) is 0 Å². The van der Waals surface area contributed by atoms with E-state index in [-0.39, 0.29) is 0 Å². The number of nitrogens with zero attached hydrogens (tertiary/aromatic N) is 4. The van der Waals surface area contributed by atoms with Crippen LogP contribution in [-0.2, 0) is 4.79 Å². The van der Waals surface area contributed by atoms with Gasteiger partial charge in [-0.15, -0.1) is 0 Å². The molecule has 6 nitrogen and oxygen atoms in total. The molecule has 1 unspecified atom stereocenters. The van der Waals surface area contributed by atoms with Crippen molar-refractivity contribution in [3.8, 4) is 0 Å². The molecule has 1 aliphatic rings. The molecule has 0 spiro atoms. The smallest absolute Gasteiger partial charge is 0.328 e. The van der Waals surface area contributed by atoms with Gasteiger partial charge in [-0.05, 0) is 33.0 Å². The maximum absolute atomic E-state index is 10.5. The quantitative estimate of drug-likeness (QED) is 0.812. The highest BCUT2D eigenvalue weighted by molar-refractivity contribution is 5.85. The predicted molar refractivity (Wildman–Crippen MR) is 77.6 cm³/mol. The number of anilines is 1. The van der Waals surface area contributed by atoms with Gasteiger partial charge in [0.2, 0.25) is 5.95 Å². The number of likely N-dealkylation sites (N-methyl/N-ethyl adjacent to an activating group) is 1. The Labute approximate surface area is 118 Å². The van der Waals surface area contributed by atoms with Gasteiger partial charge in [-0.1, -0.05) is 0 Å². The normalized spacial score (nSPS) is 19.1. The third-order valence-corrected chi connectivity index (χ3v) is 3.29. The van der Waals surface area contributed by atoms with E-state index in [1.165, 1.54) is 6.08 Å². The summed E-state index contributed by atoms with van der Waals surface area (Å²) < 4.78 is 0. The number of carbonyl (C=O) groups is 1. The summed E-state index contributed by atoms with van der Waals surface area (Å²) in [6, 6.07) is 0.449. The summed E-state index contributed by atoms with van der Waals surface area (Å²) in [6.45, 7) is 1.97. The number of hydrogen-bond acceptors (Lipinski definition) is 5. The second-order valence-corrected chi connectivity index (χ2v) is 5.24. The van der Waals surface area contributed by atoms with E-state index in [1.807, 2.05) is 0 Å². The van der Waals surface area contributed by atoms with Crippen LogP contribution in [0.15, 0.2) is 18.5 Å². The maximum Gasteiger partial charge on any atom is 0.328 e. The molecule has 1 atom stereocenters. The zero-order chi connectivity index (χ0) is 14.5. The monoisotopic (exact) mass is 276 g/mol. The maximum atomic E-state index is 10.5. The number of aromatic nitrogens is 2. The lowest BCUT2D eigenvalue weighted by atomic mass is 10.2. The topological polar surface area (TPSA) is 69.6 Å². The Morgan fingerprint density at radius 1 is 1.50 bits per heavy atom. The van der Waals surface area contributed by atoms with Crippen molar-refractivity contribution in [2.75, 3.05) is 32.1 Å². The van der Waals surface area contributed by atoms with Crippen LogP contribution in [0.2, 0.25) is 0 Å². The molecule has 6 heteroatoms. The first-order valence-electron chi connectivity index (χ1n) is 6.70. The number of aliphatic carboxylic acids is 1. The molecule has 1 N–H and O–H groups in total.